The van der Waals surface area contributed by atoms with Crippen molar-refractivity contribution in [3.05, 3.63) is 77.9 Å². The minimum absolute atomic E-state index is 0.0586. The summed E-state index contributed by atoms with van der Waals surface area (Å²) in [6, 6.07) is 18.0. The number of carbonyl (C=O) groups excluding carboxylic acids is 1. The monoisotopic (exact) mass is 497 g/mol. The molecule has 9 nitrogen and oxygen atoms in total. The van der Waals surface area contributed by atoms with E-state index in [1.165, 1.54) is 39.7 Å². The number of benzene rings is 3. The van der Waals surface area contributed by atoms with Crippen LogP contribution in [-0.2, 0) is 14.8 Å². The van der Waals surface area contributed by atoms with Crippen LogP contribution in [-0.4, -0.2) is 48.4 Å². The van der Waals surface area contributed by atoms with Crippen molar-refractivity contribution < 1.29 is 27.4 Å². The first-order chi connectivity index (χ1) is 16.8. The van der Waals surface area contributed by atoms with E-state index in [-0.39, 0.29) is 10.6 Å². The molecule has 0 unspecified atom stereocenters. The Morgan fingerprint density at radius 3 is 2.29 bits per heavy atom. The number of amides is 1. The van der Waals surface area contributed by atoms with Gasteiger partial charge in [0.25, 0.3) is 15.9 Å². The first kappa shape index (κ1) is 25.6. The van der Waals surface area contributed by atoms with Crippen molar-refractivity contribution in [1.82, 2.24) is 5.43 Å². The topological polar surface area (TPSA) is 107 Å². The molecule has 3 aromatic carbocycles. The van der Waals surface area contributed by atoms with E-state index < -0.39 is 22.5 Å². The molecule has 0 aliphatic heterocycles. The smallest absolute Gasteiger partial charge is 0.264 e. The van der Waals surface area contributed by atoms with Gasteiger partial charge in [0.1, 0.15) is 23.8 Å². The standard InChI is InChI=1S/C25H27N3O6S/c1-18-8-11-23(12-9-18)35(30,31)28(20-6-5-7-21(15-20)32-2)17-25(29)27-26-16-19-14-22(33-3)10-13-24(19)34-4/h5-16H,17H2,1-4H3,(H,27,29)/b26-16-. The largest absolute Gasteiger partial charge is 0.497 e. The Labute approximate surface area is 205 Å². The number of nitrogens with one attached hydrogen (secondary N) is 1. The second-order valence-corrected chi connectivity index (χ2v) is 9.29. The van der Waals surface area contributed by atoms with Gasteiger partial charge in [-0.3, -0.25) is 9.10 Å². The molecule has 0 heterocycles. The number of hydrazone groups is 1. The maximum atomic E-state index is 13.5. The van der Waals surface area contributed by atoms with Crippen molar-refractivity contribution in [1.29, 1.82) is 0 Å². The molecule has 35 heavy (non-hydrogen) atoms. The number of methoxy groups -OCH3 is 3. The molecule has 0 aliphatic rings. The molecule has 3 rings (SSSR count). The zero-order valence-electron chi connectivity index (χ0n) is 19.9. The van der Waals surface area contributed by atoms with Gasteiger partial charge >= 0.3 is 0 Å². The molecule has 3 aromatic rings. The lowest BCUT2D eigenvalue weighted by Gasteiger charge is -2.24. The van der Waals surface area contributed by atoms with Crippen LogP contribution in [0.1, 0.15) is 11.1 Å². The fourth-order valence-electron chi connectivity index (χ4n) is 3.20. The van der Waals surface area contributed by atoms with Gasteiger partial charge in [0.05, 0.1) is 38.1 Å². The van der Waals surface area contributed by atoms with Crippen molar-refractivity contribution in [2.24, 2.45) is 5.10 Å². The van der Waals surface area contributed by atoms with Gasteiger partial charge in [-0.15, -0.1) is 0 Å². The fourth-order valence-corrected chi connectivity index (χ4v) is 4.61. The van der Waals surface area contributed by atoms with Gasteiger partial charge in [0, 0.05) is 11.6 Å². The van der Waals surface area contributed by atoms with Crippen LogP contribution >= 0.6 is 0 Å². The quantitative estimate of drug-likeness (QED) is 0.340. The molecular weight excluding hydrogens is 470 g/mol. The fraction of sp³-hybridized carbons (Fsp3) is 0.200. The Bertz CT molecular complexity index is 1310. The molecule has 0 aliphatic carbocycles. The van der Waals surface area contributed by atoms with Gasteiger partial charge < -0.3 is 14.2 Å². The highest BCUT2D eigenvalue weighted by atomic mass is 32.2. The van der Waals surface area contributed by atoms with Crippen LogP contribution in [0.2, 0.25) is 0 Å². The third-order valence-electron chi connectivity index (χ3n) is 5.07. The second kappa shape index (κ2) is 11.4. The summed E-state index contributed by atoms with van der Waals surface area (Å²) in [5.74, 6) is 0.937. The van der Waals surface area contributed by atoms with Gasteiger partial charge in [-0.1, -0.05) is 23.8 Å². The highest BCUT2D eigenvalue weighted by Gasteiger charge is 2.27. The van der Waals surface area contributed by atoms with E-state index in [1.807, 2.05) is 6.92 Å². The molecule has 0 atom stereocenters. The van der Waals surface area contributed by atoms with E-state index in [2.05, 4.69) is 10.5 Å². The molecule has 1 amide bonds. The van der Waals surface area contributed by atoms with E-state index in [0.29, 0.717) is 22.8 Å². The predicted molar refractivity (Wildman–Crippen MR) is 134 cm³/mol. The Hall–Kier alpha value is -4.05. The van der Waals surface area contributed by atoms with Crippen LogP contribution < -0.4 is 23.9 Å². The molecule has 0 saturated heterocycles. The summed E-state index contributed by atoms with van der Waals surface area (Å²) in [6.07, 6.45) is 1.39. The summed E-state index contributed by atoms with van der Waals surface area (Å²) in [7, 11) is 0.467. The molecule has 0 radical (unpaired) electrons. The third kappa shape index (κ3) is 6.30. The molecule has 1 N–H and O–H groups in total. The van der Waals surface area contributed by atoms with Crippen molar-refractivity contribution in [2.75, 3.05) is 32.2 Å². The summed E-state index contributed by atoms with van der Waals surface area (Å²) in [6.45, 7) is 1.36. The summed E-state index contributed by atoms with van der Waals surface area (Å²) >= 11 is 0. The minimum atomic E-state index is -4.06. The lowest BCUT2D eigenvalue weighted by Crippen LogP contribution is -2.39. The van der Waals surface area contributed by atoms with Crippen molar-refractivity contribution in [2.45, 2.75) is 11.8 Å². The van der Waals surface area contributed by atoms with E-state index in [1.54, 1.807) is 54.6 Å². The summed E-state index contributed by atoms with van der Waals surface area (Å²) in [5, 5.41) is 3.97. The molecule has 0 fully saturated rings. The lowest BCUT2D eigenvalue weighted by molar-refractivity contribution is -0.119. The number of aryl methyl sites for hydroxylation is 1. The first-order valence-corrected chi connectivity index (χ1v) is 12.0. The summed E-state index contributed by atoms with van der Waals surface area (Å²) < 4.78 is 43.7. The Balaban J connectivity index is 1.87. The molecule has 0 spiro atoms. The summed E-state index contributed by atoms with van der Waals surface area (Å²) in [4.78, 5) is 12.8. The van der Waals surface area contributed by atoms with Gasteiger partial charge in [-0.2, -0.15) is 5.10 Å². The normalized spacial score (nSPS) is 11.2. The van der Waals surface area contributed by atoms with Crippen LogP contribution in [0.4, 0.5) is 5.69 Å². The van der Waals surface area contributed by atoms with Crippen LogP contribution in [0.15, 0.2) is 76.7 Å². The molecule has 0 bridgehead atoms. The van der Waals surface area contributed by atoms with Crippen LogP contribution in [0.25, 0.3) is 0 Å². The Morgan fingerprint density at radius 1 is 0.943 bits per heavy atom. The third-order valence-corrected chi connectivity index (χ3v) is 6.86. The number of ether oxygens (including phenoxy) is 3. The van der Waals surface area contributed by atoms with Crippen LogP contribution in [0, 0.1) is 6.92 Å². The SMILES string of the molecule is COc1cccc(N(CC(=O)N/N=C\c2cc(OC)ccc2OC)S(=O)(=O)c2ccc(C)cc2)c1. The first-order valence-electron chi connectivity index (χ1n) is 10.6. The molecule has 10 heteroatoms. The number of anilines is 1. The van der Waals surface area contributed by atoms with Crippen LogP contribution in [0.3, 0.4) is 0 Å². The molecule has 0 saturated carbocycles. The Kier molecular flexibility index (Phi) is 8.32. The number of carbonyl (C=O) groups is 1. The second-order valence-electron chi connectivity index (χ2n) is 7.43. The maximum Gasteiger partial charge on any atom is 0.264 e. The molecular formula is C25H27N3O6S. The van der Waals surface area contributed by atoms with Crippen molar-refractivity contribution in [3.63, 3.8) is 0 Å². The van der Waals surface area contributed by atoms with E-state index >= 15 is 0 Å². The average molecular weight is 498 g/mol. The van der Waals surface area contributed by atoms with Crippen LogP contribution in [0.5, 0.6) is 17.2 Å². The van der Waals surface area contributed by atoms with Gasteiger partial charge in [0.15, 0.2) is 0 Å². The predicted octanol–water partition coefficient (Wildman–Crippen LogP) is 3.37. The van der Waals surface area contributed by atoms with Crippen molar-refractivity contribution >= 4 is 27.8 Å². The summed E-state index contributed by atoms with van der Waals surface area (Å²) in [5.41, 5.74) is 4.14. The van der Waals surface area contributed by atoms with E-state index in [0.717, 1.165) is 9.87 Å². The number of rotatable bonds is 10. The number of hydrogen-bond donors (Lipinski definition) is 1. The van der Waals surface area contributed by atoms with E-state index in [9.17, 15) is 13.2 Å². The van der Waals surface area contributed by atoms with Gasteiger partial charge in [-0.25, -0.2) is 13.8 Å². The van der Waals surface area contributed by atoms with Gasteiger partial charge in [0.2, 0.25) is 0 Å². The Morgan fingerprint density at radius 2 is 1.63 bits per heavy atom. The number of sulfonamides is 1. The number of hydrogen-bond acceptors (Lipinski definition) is 7. The lowest BCUT2D eigenvalue weighted by atomic mass is 10.2. The number of nitrogens with zero attached hydrogens (tertiary/aromatic N) is 2. The molecule has 0 aromatic heterocycles. The minimum Gasteiger partial charge on any atom is -0.497 e. The van der Waals surface area contributed by atoms with Gasteiger partial charge in [-0.05, 0) is 49.4 Å². The van der Waals surface area contributed by atoms with E-state index in [4.69, 9.17) is 14.2 Å². The zero-order valence-corrected chi connectivity index (χ0v) is 20.7. The molecule has 184 valence electrons. The highest BCUT2D eigenvalue weighted by Crippen LogP contribution is 2.27. The maximum absolute atomic E-state index is 13.5. The zero-order chi connectivity index (χ0) is 25.4. The highest BCUT2D eigenvalue weighted by molar-refractivity contribution is 7.92. The van der Waals surface area contributed by atoms with Crippen molar-refractivity contribution in [3.8, 4) is 17.2 Å². The average Bonchev–Trinajstić information content (AvgIpc) is 2.87.